The van der Waals surface area contributed by atoms with Gasteiger partial charge in [-0.2, -0.15) is 0 Å². The van der Waals surface area contributed by atoms with Crippen molar-refractivity contribution >= 4 is 23.6 Å². The number of nitrogens with zero attached hydrogens (tertiary/aromatic N) is 1. The minimum absolute atomic E-state index is 0.0415. The molecule has 0 saturated heterocycles. The number of benzene rings is 1. The van der Waals surface area contributed by atoms with Gasteiger partial charge in [-0.05, 0) is 26.0 Å². The SMILES string of the molecule is CC(C)(Sc1cccc(F)c1F)C(=O)Nc1cc(C(C)(C)CO)no1. The molecule has 0 aliphatic carbocycles. The molecule has 1 heterocycles. The first-order chi connectivity index (χ1) is 11.6. The van der Waals surface area contributed by atoms with Crippen LogP contribution in [0.5, 0.6) is 0 Å². The maximum absolute atomic E-state index is 13.8. The molecule has 1 aromatic heterocycles. The van der Waals surface area contributed by atoms with Crippen LogP contribution in [0.15, 0.2) is 33.7 Å². The summed E-state index contributed by atoms with van der Waals surface area (Å²) in [6.07, 6.45) is 0. The second-order valence-corrected chi connectivity index (χ2v) is 8.40. The van der Waals surface area contributed by atoms with Gasteiger partial charge in [0.1, 0.15) is 0 Å². The van der Waals surface area contributed by atoms with Gasteiger partial charge >= 0.3 is 0 Å². The van der Waals surface area contributed by atoms with E-state index in [0.717, 1.165) is 17.8 Å². The number of thioether (sulfide) groups is 1. The Hall–Kier alpha value is -1.93. The summed E-state index contributed by atoms with van der Waals surface area (Å²) >= 11 is 0.902. The molecule has 25 heavy (non-hydrogen) atoms. The van der Waals surface area contributed by atoms with Gasteiger partial charge in [-0.1, -0.05) is 25.1 Å². The Balaban J connectivity index is 2.12. The Morgan fingerprint density at radius 1 is 1.32 bits per heavy atom. The molecule has 1 aromatic carbocycles. The van der Waals surface area contributed by atoms with Gasteiger partial charge in [-0.15, -0.1) is 11.8 Å². The van der Waals surface area contributed by atoms with Crippen molar-refractivity contribution in [3.63, 3.8) is 0 Å². The molecule has 0 bridgehead atoms. The average Bonchev–Trinajstić information content (AvgIpc) is 3.01. The van der Waals surface area contributed by atoms with Crippen molar-refractivity contribution < 1.29 is 23.2 Å². The quantitative estimate of drug-likeness (QED) is 0.758. The normalized spacial score (nSPS) is 12.3. The van der Waals surface area contributed by atoms with Crippen molar-refractivity contribution in [2.45, 2.75) is 42.8 Å². The molecule has 0 atom stereocenters. The third-order valence-electron chi connectivity index (χ3n) is 3.66. The highest BCUT2D eigenvalue weighted by molar-refractivity contribution is 8.01. The number of aliphatic hydroxyl groups is 1. The highest BCUT2D eigenvalue weighted by Crippen LogP contribution is 2.36. The molecule has 136 valence electrons. The largest absolute Gasteiger partial charge is 0.395 e. The number of carbonyl (C=O) groups is 1. The van der Waals surface area contributed by atoms with Crippen molar-refractivity contribution in [3.05, 3.63) is 41.6 Å². The molecule has 0 spiro atoms. The first-order valence-corrected chi connectivity index (χ1v) is 8.41. The van der Waals surface area contributed by atoms with Gasteiger partial charge in [0.2, 0.25) is 11.8 Å². The third-order valence-corrected chi connectivity index (χ3v) is 4.89. The highest BCUT2D eigenvalue weighted by atomic mass is 32.2. The predicted octanol–water partition coefficient (Wildman–Crippen LogP) is 3.73. The topological polar surface area (TPSA) is 75.4 Å². The Labute approximate surface area is 148 Å². The summed E-state index contributed by atoms with van der Waals surface area (Å²) < 4.78 is 31.1. The number of carbonyl (C=O) groups excluding carboxylic acids is 1. The van der Waals surface area contributed by atoms with E-state index in [1.54, 1.807) is 27.7 Å². The van der Waals surface area contributed by atoms with E-state index in [1.807, 2.05) is 0 Å². The molecule has 2 aromatic rings. The van der Waals surface area contributed by atoms with Crippen LogP contribution < -0.4 is 5.32 Å². The van der Waals surface area contributed by atoms with Crippen molar-refractivity contribution in [3.8, 4) is 0 Å². The monoisotopic (exact) mass is 370 g/mol. The van der Waals surface area contributed by atoms with E-state index in [0.29, 0.717) is 5.69 Å². The first-order valence-electron chi connectivity index (χ1n) is 7.59. The van der Waals surface area contributed by atoms with E-state index in [2.05, 4.69) is 10.5 Å². The molecule has 0 unspecified atom stereocenters. The Kier molecular flexibility index (Phi) is 5.53. The summed E-state index contributed by atoms with van der Waals surface area (Å²) in [6.45, 7) is 6.61. The average molecular weight is 370 g/mol. The molecular formula is C17H20F2N2O3S. The first kappa shape index (κ1) is 19.4. The highest BCUT2D eigenvalue weighted by Gasteiger charge is 2.32. The molecular weight excluding hydrogens is 350 g/mol. The summed E-state index contributed by atoms with van der Waals surface area (Å²) in [7, 11) is 0. The van der Waals surface area contributed by atoms with E-state index in [-0.39, 0.29) is 17.4 Å². The zero-order valence-corrected chi connectivity index (χ0v) is 15.2. The Bertz CT molecular complexity index is 775. The van der Waals surface area contributed by atoms with Crippen molar-refractivity contribution in [1.29, 1.82) is 0 Å². The fourth-order valence-electron chi connectivity index (χ4n) is 1.88. The lowest BCUT2D eigenvalue weighted by Gasteiger charge is -2.22. The number of nitrogens with one attached hydrogen (secondary N) is 1. The lowest BCUT2D eigenvalue weighted by atomic mass is 9.91. The molecule has 0 fully saturated rings. The van der Waals surface area contributed by atoms with E-state index < -0.39 is 27.7 Å². The molecule has 2 rings (SSSR count). The molecule has 8 heteroatoms. The zero-order valence-electron chi connectivity index (χ0n) is 14.4. The number of hydrogen-bond donors (Lipinski definition) is 2. The van der Waals surface area contributed by atoms with Crippen LogP contribution >= 0.6 is 11.8 Å². The van der Waals surface area contributed by atoms with Crippen LogP contribution in [-0.2, 0) is 10.2 Å². The fraction of sp³-hybridized carbons (Fsp3) is 0.412. The van der Waals surface area contributed by atoms with Gasteiger partial charge in [0, 0.05) is 16.4 Å². The van der Waals surface area contributed by atoms with Crippen molar-refractivity contribution in [2.24, 2.45) is 0 Å². The summed E-state index contributed by atoms with van der Waals surface area (Å²) in [4.78, 5) is 12.5. The van der Waals surface area contributed by atoms with E-state index in [4.69, 9.17) is 4.52 Å². The Morgan fingerprint density at radius 3 is 2.64 bits per heavy atom. The van der Waals surface area contributed by atoms with Gasteiger partial charge in [0.25, 0.3) is 0 Å². The number of halogens is 2. The molecule has 0 saturated carbocycles. The molecule has 5 nitrogen and oxygen atoms in total. The lowest BCUT2D eigenvalue weighted by molar-refractivity contribution is -0.117. The second kappa shape index (κ2) is 7.13. The summed E-state index contributed by atoms with van der Waals surface area (Å²) in [5.74, 6) is -2.28. The van der Waals surface area contributed by atoms with Crippen LogP contribution in [0.4, 0.5) is 14.7 Å². The lowest BCUT2D eigenvalue weighted by Crippen LogP contribution is -2.34. The molecule has 0 radical (unpaired) electrons. The van der Waals surface area contributed by atoms with E-state index >= 15 is 0 Å². The number of rotatable bonds is 6. The number of anilines is 1. The van der Waals surface area contributed by atoms with Gasteiger partial charge in [0.05, 0.1) is 17.0 Å². The minimum Gasteiger partial charge on any atom is -0.395 e. The van der Waals surface area contributed by atoms with Gasteiger partial charge in [-0.3, -0.25) is 10.1 Å². The standard InChI is InChI=1S/C17H20F2N2O3S/c1-16(2,9-22)12-8-13(24-21-12)20-15(23)17(3,4)25-11-7-5-6-10(18)14(11)19/h5-8,22H,9H2,1-4H3,(H,20,23). The number of amides is 1. The van der Waals surface area contributed by atoms with Crippen LogP contribution in [0.3, 0.4) is 0 Å². The second-order valence-electron chi connectivity index (χ2n) is 6.74. The summed E-state index contributed by atoms with van der Waals surface area (Å²) in [5.41, 5.74) is -0.117. The van der Waals surface area contributed by atoms with Gasteiger partial charge < -0.3 is 9.63 Å². The van der Waals surface area contributed by atoms with Crippen molar-refractivity contribution in [1.82, 2.24) is 5.16 Å². The van der Waals surface area contributed by atoms with E-state index in [9.17, 15) is 18.7 Å². The summed E-state index contributed by atoms with van der Waals surface area (Å²) in [5, 5.41) is 15.7. The smallest absolute Gasteiger partial charge is 0.242 e. The molecule has 0 aliphatic heterocycles. The number of aromatic nitrogens is 1. The van der Waals surface area contributed by atoms with Crippen LogP contribution in [0.1, 0.15) is 33.4 Å². The molecule has 2 N–H and O–H groups in total. The van der Waals surface area contributed by atoms with Gasteiger partial charge in [0.15, 0.2) is 11.6 Å². The third kappa shape index (κ3) is 4.38. The maximum Gasteiger partial charge on any atom is 0.242 e. The van der Waals surface area contributed by atoms with Crippen molar-refractivity contribution in [2.75, 3.05) is 11.9 Å². The maximum atomic E-state index is 13.8. The van der Waals surface area contributed by atoms with E-state index in [1.165, 1.54) is 18.2 Å². The summed E-state index contributed by atoms with van der Waals surface area (Å²) in [6, 6.07) is 5.34. The Morgan fingerprint density at radius 2 is 2.00 bits per heavy atom. The van der Waals surface area contributed by atoms with Gasteiger partial charge in [-0.25, -0.2) is 8.78 Å². The van der Waals surface area contributed by atoms with Crippen LogP contribution in [-0.4, -0.2) is 27.5 Å². The zero-order chi connectivity index (χ0) is 18.8. The minimum atomic E-state index is -1.09. The fourth-order valence-corrected chi connectivity index (χ4v) is 2.91. The molecule has 0 aliphatic rings. The number of hydrogen-bond acceptors (Lipinski definition) is 5. The van der Waals surface area contributed by atoms with Crippen LogP contribution in [0, 0.1) is 11.6 Å². The molecule has 1 amide bonds. The number of aliphatic hydroxyl groups excluding tert-OH is 1. The van der Waals surface area contributed by atoms with Crippen LogP contribution in [0.25, 0.3) is 0 Å². The van der Waals surface area contributed by atoms with Crippen LogP contribution in [0.2, 0.25) is 0 Å². The predicted molar refractivity (Wildman–Crippen MR) is 91.5 cm³/mol.